The Kier molecular flexibility index (Phi) is 1.70. The van der Waals surface area contributed by atoms with Gasteiger partial charge in [-0.3, -0.25) is 9.48 Å². The average Bonchev–Trinajstić information content (AvgIpc) is 2.72. The second kappa shape index (κ2) is 2.85. The van der Waals surface area contributed by atoms with Gasteiger partial charge in [0.1, 0.15) is 0 Å². The molecule has 13 heavy (non-hydrogen) atoms. The van der Waals surface area contributed by atoms with Crippen molar-refractivity contribution < 1.29 is 4.79 Å². The molecule has 2 aromatic rings. The van der Waals surface area contributed by atoms with Gasteiger partial charge in [0.25, 0.3) is 0 Å². The Balaban J connectivity index is 2.33. The van der Waals surface area contributed by atoms with E-state index in [4.69, 9.17) is 0 Å². The summed E-state index contributed by atoms with van der Waals surface area (Å²) in [6.45, 7) is 0. The van der Waals surface area contributed by atoms with E-state index in [0.717, 1.165) is 0 Å². The fourth-order valence-electron chi connectivity index (χ4n) is 1.06. The Morgan fingerprint density at radius 3 is 3.00 bits per heavy atom. The van der Waals surface area contributed by atoms with Gasteiger partial charge in [-0.2, -0.15) is 5.10 Å². The number of carbonyl (C=O) groups excluding carboxylic acids is 1. The topological polar surface area (TPSA) is 63.6 Å². The summed E-state index contributed by atoms with van der Waals surface area (Å²) in [6, 6.07) is 0. The van der Waals surface area contributed by atoms with Gasteiger partial charge in [0, 0.05) is 25.6 Å². The van der Waals surface area contributed by atoms with Crippen molar-refractivity contribution in [1.29, 1.82) is 0 Å². The Bertz CT molecular complexity index is 415. The number of aromatic amines is 1. The van der Waals surface area contributed by atoms with Crippen molar-refractivity contribution >= 4 is 5.78 Å². The largest absolute Gasteiger partial charge is 0.342 e. The van der Waals surface area contributed by atoms with Gasteiger partial charge in [-0.15, -0.1) is 0 Å². The Morgan fingerprint density at radius 2 is 2.46 bits per heavy atom. The maximum Gasteiger partial charge on any atom is 0.231 e. The smallest absolute Gasteiger partial charge is 0.231 e. The zero-order valence-corrected chi connectivity index (χ0v) is 7.06. The fourth-order valence-corrected chi connectivity index (χ4v) is 1.06. The van der Waals surface area contributed by atoms with Crippen LogP contribution < -0.4 is 0 Å². The van der Waals surface area contributed by atoms with Gasteiger partial charge in [0.05, 0.1) is 11.8 Å². The molecule has 0 spiro atoms. The van der Waals surface area contributed by atoms with Gasteiger partial charge in [0.15, 0.2) is 5.82 Å². The molecule has 0 aromatic carbocycles. The van der Waals surface area contributed by atoms with E-state index < -0.39 is 0 Å². The van der Waals surface area contributed by atoms with Crippen molar-refractivity contribution in [1.82, 2.24) is 19.7 Å². The molecule has 0 aliphatic rings. The third-order valence-corrected chi connectivity index (χ3v) is 1.68. The Labute approximate surface area is 74.4 Å². The van der Waals surface area contributed by atoms with E-state index in [1.807, 2.05) is 0 Å². The molecule has 2 heterocycles. The number of aromatic nitrogens is 4. The van der Waals surface area contributed by atoms with Crippen molar-refractivity contribution in [3.63, 3.8) is 0 Å². The number of carbonyl (C=O) groups is 1. The summed E-state index contributed by atoms with van der Waals surface area (Å²) in [5, 5.41) is 3.90. The first kappa shape index (κ1) is 7.72. The first-order chi connectivity index (χ1) is 6.27. The van der Waals surface area contributed by atoms with Gasteiger partial charge in [0.2, 0.25) is 5.78 Å². The normalized spacial score (nSPS) is 10.2. The molecular weight excluding hydrogens is 168 g/mol. The van der Waals surface area contributed by atoms with E-state index in [1.54, 1.807) is 30.3 Å². The number of H-pyrrole nitrogens is 1. The lowest BCUT2D eigenvalue weighted by atomic mass is 10.2. The van der Waals surface area contributed by atoms with E-state index >= 15 is 0 Å². The molecule has 0 saturated heterocycles. The van der Waals surface area contributed by atoms with Crippen LogP contribution in [0.3, 0.4) is 0 Å². The van der Waals surface area contributed by atoms with Gasteiger partial charge < -0.3 is 4.98 Å². The van der Waals surface area contributed by atoms with Crippen molar-refractivity contribution in [3.05, 3.63) is 36.2 Å². The van der Waals surface area contributed by atoms with Crippen molar-refractivity contribution in [3.8, 4) is 0 Å². The second-order valence-corrected chi connectivity index (χ2v) is 2.67. The monoisotopic (exact) mass is 176 g/mol. The summed E-state index contributed by atoms with van der Waals surface area (Å²) in [6.07, 6.45) is 6.34. The van der Waals surface area contributed by atoms with E-state index in [1.165, 1.54) is 6.20 Å². The molecule has 66 valence electrons. The molecule has 2 rings (SSSR count). The highest BCUT2D eigenvalue weighted by Gasteiger charge is 2.12. The number of nitrogens with one attached hydrogen (secondary N) is 1. The van der Waals surface area contributed by atoms with Crippen molar-refractivity contribution in [2.24, 2.45) is 7.05 Å². The fraction of sp³-hybridized carbons (Fsp3) is 0.125. The molecule has 2 aromatic heterocycles. The molecule has 5 heteroatoms. The molecule has 0 aliphatic carbocycles. The van der Waals surface area contributed by atoms with Gasteiger partial charge in [-0.25, -0.2) is 4.98 Å². The minimum absolute atomic E-state index is 0.141. The highest BCUT2D eigenvalue weighted by Crippen LogP contribution is 2.03. The van der Waals surface area contributed by atoms with Crippen LogP contribution in [0.4, 0.5) is 0 Å². The lowest BCUT2D eigenvalue weighted by Gasteiger charge is -1.89. The first-order valence-electron chi connectivity index (χ1n) is 3.80. The molecule has 5 nitrogen and oxygen atoms in total. The number of aryl methyl sites for hydroxylation is 1. The van der Waals surface area contributed by atoms with Crippen LogP contribution in [0, 0.1) is 0 Å². The summed E-state index contributed by atoms with van der Waals surface area (Å²) in [4.78, 5) is 18.2. The lowest BCUT2D eigenvalue weighted by Crippen LogP contribution is -2.02. The molecule has 0 radical (unpaired) electrons. The molecule has 0 amide bonds. The zero-order chi connectivity index (χ0) is 9.26. The van der Waals surface area contributed by atoms with Gasteiger partial charge >= 0.3 is 0 Å². The van der Waals surface area contributed by atoms with Crippen LogP contribution >= 0.6 is 0 Å². The van der Waals surface area contributed by atoms with Crippen LogP contribution in [-0.2, 0) is 7.05 Å². The number of hydrogen-bond acceptors (Lipinski definition) is 3. The molecule has 0 unspecified atom stereocenters. The molecule has 1 N–H and O–H groups in total. The second-order valence-electron chi connectivity index (χ2n) is 2.67. The van der Waals surface area contributed by atoms with E-state index in [-0.39, 0.29) is 5.78 Å². The van der Waals surface area contributed by atoms with Crippen LogP contribution in [0.5, 0.6) is 0 Å². The first-order valence-corrected chi connectivity index (χ1v) is 3.80. The minimum Gasteiger partial charge on any atom is -0.342 e. The summed E-state index contributed by atoms with van der Waals surface area (Å²) >= 11 is 0. The summed E-state index contributed by atoms with van der Waals surface area (Å²) < 4.78 is 1.58. The van der Waals surface area contributed by atoms with Crippen LogP contribution in [0.1, 0.15) is 16.2 Å². The lowest BCUT2D eigenvalue weighted by molar-refractivity contribution is 0.103. The molecule has 0 fully saturated rings. The summed E-state index contributed by atoms with van der Waals surface area (Å²) in [5.74, 6) is 0.200. The van der Waals surface area contributed by atoms with E-state index in [0.29, 0.717) is 11.4 Å². The molecule has 0 aliphatic heterocycles. The van der Waals surface area contributed by atoms with E-state index in [9.17, 15) is 4.79 Å². The van der Waals surface area contributed by atoms with Crippen molar-refractivity contribution in [2.45, 2.75) is 0 Å². The molecule has 0 bridgehead atoms. The maximum atomic E-state index is 11.6. The number of ketones is 1. The average molecular weight is 176 g/mol. The number of nitrogens with zero attached hydrogens (tertiary/aromatic N) is 3. The molecular formula is C8H8N4O. The van der Waals surface area contributed by atoms with Crippen LogP contribution in [0.25, 0.3) is 0 Å². The van der Waals surface area contributed by atoms with E-state index in [2.05, 4.69) is 15.1 Å². The highest BCUT2D eigenvalue weighted by molar-refractivity contribution is 6.06. The summed E-state index contributed by atoms with van der Waals surface area (Å²) in [7, 11) is 1.76. The van der Waals surface area contributed by atoms with Gasteiger partial charge in [-0.05, 0) is 0 Å². The highest BCUT2D eigenvalue weighted by atomic mass is 16.1. The Morgan fingerprint density at radius 1 is 1.62 bits per heavy atom. The quantitative estimate of drug-likeness (QED) is 0.672. The summed E-state index contributed by atoms with van der Waals surface area (Å²) in [5.41, 5.74) is 0.539. The maximum absolute atomic E-state index is 11.6. The SMILES string of the molecule is Cn1cc(C(=O)c2ncc[nH]2)cn1. The van der Waals surface area contributed by atoms with Crippen molar-refractivity contribution in [2.75, 3.05) is 0 Å². The number of hydrogen-bond donors (Lipinski definition) is 1. The minimum atomic E-state index is -0.141. The standard InChI is InChI=1S/C8H8N4O/c1-12-5-6(4-11-12)7(13)8-9-2-3-10-8/h2-5H,1H3,(H,9,10). The molecule has 0 saturated carbocycles. The Hall–Kier alpha value is -1.91. The predicted molar refractivity (Wildman–Crippen MR) is 45.2 cm³/mol. The number of imidazole rings is 1. The van der Waals surface area contributed by atoms with Crippen LogP contribution in [0.15, 0.2) is 24.8 Å². The predicted octanol–water partition coefficient (Wildman–Crippen LogP) is 0.374. The number of rotatable bonds is 2. The zero-order valence-electron chi connectivity index (χ0n) is 7.06. The van der Waals surface area contributed by atoms with Crippen LogP contribution in [-0.4, -0.2) is 25.5 Å². The third kappa shape index (κ3) is 1.35. The van der Waals surface area contributed by atoms with Crippen LogP contribution in [0.2, 0.25) is 0 Å². The molecule has 0 atom stereocenters. The van der Waals surface area contributed by atoms with Gasteiger partial charge in [-0.1, -0.05) is 0 Å². The third-order valence-electron chi connectivity index (χ3n) is 1.68.